The van der Waals surface area contributed by atoms with E-state index >= 15 is 0 Å². The van der Waals surface area contributed by atoms with Gasteiger partial charge < -0.3 is 5.11 Å². The zero-order chi connectivity index (χ0) is 14.4. The van der Waals surface area contributed by atoms with E-state index < -0.39 is 5.97 Å². The Bertz CT molecular complexity index is 566. The molecule has 1 N–H and O–H groups in total. The molecule has 0 aliphatic heterocycles. The van der Waals surface area contributed by atoms with E-state index in [0.29, 0.717) is 5.56 Å². The molecule has 20 heavy (non-hydrogen) atoms. The van der Waals surface area contributed by atoms with E-state index in [1.807, 2.05) is 24.3 Å². The minimum Gasteiger partial charge on any atom is -0.478 e. The van der Waals surface area contributed by atoms with Crippen molar-refractivity contribution in [3.63, 3.8) is 0 Å². The first-order valence-electron chi connectivity index (χ1n) is 6.77. The van der Waals surface area contributed by atoms with Crippen molar-refractivity contribution in [1.82, 2.24) is 4.90 Å². The Labute approximate surface area is 119 Å². The predicted octanol–water partition coefficient (Wildman–Crippen LogP) is 3.41. The third-order valence-corrected chi connectivity index (χ3v) is 3.28. The molecule has 0 amide bonds. The predicted molar refractivity (Wildman–Crippen MR) is 79.6 cm³/mol. The summed E-state index contributed by atoms with van der Waals surface area (Å²) in [5.41, 5.74) is 2.64. The Morgan fingerprint density at radius 1 is 1.00 bits per heavy atom. The number of hydrogen-bond donors (Lipinski definition) is 1. The van der Waals surface area contributed by atoms with Crippen LogP contribution in [0.1, 0.15) is 28.4 Å². The van der Waals surface area contributed by atoms with Crippen molar-refractivity contribution in [3.05, 3.63) is 71.3 Å². The van der Waals surface area contributed by atoms with Crippen molar-refractivity contribution in [2.45, 2.75) is 20.0 Å². The van der Waals surface area contributed by atoms with Crippen LogP contribution < -0.4 is 0 Å². The number of aromatic carboxylic acids is 1. The van der Waals surface area contributed by atoms with Crippen LogP contribution in [-0.2, 0) is 13.1 Å². The number of benzene rings is 2. The Hall–Kier alpha value is -2.13. The largest absolute Gasteiger partial charge is 0.478 e. The van der Waals surface area contributed by atoms with Gasteiger partial charge in [-0.1, -0.05) is 49.4 Å². The lowest BCUT2D eigenvalue weighted by atomic mass is 10.1. The Morgan fingerprint density at radius 2 is 1.65 bits per heavy atom. The van der Waals surface area contributed by atoms with Crippen LogP contribution in [0.25, 0.3) is 0 Å². The molecule has 0 saturated heterocycles. The van der Waals surface area contributed by atoms with Crippen molar-refractivity contribution in [3.8, 4) is 0 Å². The fraction of sp³-hybridized carbons (Fsp3) is 0.235. The Balaban J connectivity index is 2.06. The van der Waals surface area contributed by atoms with Gasteiger partial charge in [-0.15, -0.1) is 0 Å². The van der Waals surface area contributed by atoms with Gasteiger partial charge in [-0.05, 0) is 29.8 Å². The number of hydrogen-bond acceptors (Lipinski definition) is 2. The van der Waals surface area contributed by atoms with Gasteiger partial charge in [0.1, 0.15) is 0 Å². The minimum atomic E-state index is -0.877. The van der Waals surface area contributed by atoms with Gasteiger partial charge >= 0.3 is 5.97 Å². The second-order valence-electron chi connectivity index (χ2n) is 4.79. The van der Waals surface area contributed by atoms with E-state index in [1.54, 1.807) is 18.2 Å². The second kappa shape index (κ2) is 6.87. The van der Waals surface area contributed by atoms with E-state index in [9.17, 15) is 4.79 Å². The van der Waals surface area contributed by atoms with Crippen LogP contribution >= 0.6 is 0 Å². The molecule has 0 radical (unpaired) electrons. The molecule has 104 valence electrons. The fourth-order valence-electron chi connectivity index (χ4n) is 2.18. The normalized spacial score (nSPS) is 10.7. The number of carbonyl (C=O) groups is 1. The van der Waals surface area contributed by atoms with Gasteiger partial charge in [-0.3, -0.25) is 4.90 Å². The molecule has 0 aliphatic rings. The molecule has 0 heterocycles. The molecule has 0 aromatic heterocycles. The van der Waals surface area contributed by atoms with E-state index in [4.69, 9.17) is 5.11 Å². The summed E-state index contributed by atoms with van der Waals surface area (Å²) in [5.74, 6) is -0.877. The second-order valence-corrected chi connectivity index (χ2v) is 4.79. The van der Waals surface area contributed by atoms with Gasteiger partial charge in [0.25, 0.3) is 0 Å². The number of carboxylic acids is 1. The minimum absolute atomic E-state index is 0.346. The van der Waals surface area contributed by atoms with Crippen LogP contribution in [0.3, 0.4) is 0 Å². The smallest absolute Gasteiger partial charge is 0.335 e. The molecule has 0 fully saturated rings. The summed E-state index contributed by atoms with van der Waals surface area (Å²) in [4.78, 5) is 13.3. The first kappa shape index (κ1) is 14.3. The molecular formula is C17H19NO2. The fourth-order valence-corrected chi connectivity index (χ4v) is 2.18. The van der Waals surface area contributed by atoms with Crippen LogP contribution in [0.4, 0.5) is 0 Å². The van der Waals surface area contributed by atoms with Gasteiger partial charge in [0, 0.05) is 13.1 Å². The zero-order valence-electron chi connectivity index (χ0n) is 11.6. The summed E-state index contributed by atoms with van der Waals surface area (Å²) in [6, 6.07) is 17.4. The molecule has 3 heteroatoms. The maximum atomic E-state index is 11.0. The van der Waals surface area contributed by atoms with Gasteiger partial charge in [-0.2, -0.15) is 0 Å². The zero-order valence-corrected chi connectivity index (χ0v) is 11.6. The lowest BCUT2D eigenvalue weighted by Gasteiger charge is -2.20. The molecule has 2 aromatic carbocycles. The van der Waals surface area contributed by atoms with Gasteiger partial charge in [0.05, 0.1) is 5.56 Å². The van der Waals surface area contributed by atoms with Crippen LogP contribution in [-0.4, -0.2) is 22.5 Å². The highest BCUT2D eigenvalue weighted by Gasteiger charge is 2.07. The van der Waals surface area contributed by atoms with E-state index in [1.165, 1.54) is 5.56 Å². The van der Waals surface area contributed by atoms with Crippen molar-refractivity contribution in [2.24, 2.45) is 0 Å². The summed E-state index contributed by atoms with van der Waals surface area (Å²) >= 11 is 0. The number of rotatable bonds is 6. The summed E-state index contributed by atoms with van der Waals surface area (Å²) in [5, 5.41) is 9.02. The van der Waals surface area contributed by atoms with Crippen molar-refractivity contribution < 1.29 is 9.90 Å². The average Bonchev–Trinajstić information content (AvgIpc) is 2.48. The number of carboxylic acid groups (broad SMARTS) is 1. The topological polar surface area (TPSA) is 40.5 Å². The summed E-state index contributed by atoms with van der Waals surface area (Å²) in [6.45, 7) is 4.66. The monoisotopic (exact) mass is 269 g/mol. The van der Waals surface area contributed by atoms with Crippen LogP contribution in [0, 0.1) is 0 Å². The molecule has 3 nitrogen and oxygen atoms in total. The first-order chi connectivity index (χ1) is 9.69. The lowest BCUT2D eigenvalue weighted by Crippen LogP contribution is -2.22. The van der Waals surface area contributed by atoms with Gasteiger partial charge in [0.2, 0.25) is 0 Å². The molecule has 0 spiro atoms. The van der Waals surface area contributed by atoms with Crippen LogP contribution in [0.5, 0.6) is 0 Å². The summed E-state index contributed by atoms with van der Waals surface area (Å²) < 4.78 is 0. The third kappa shape index (κ3) is 3.93. The molecule has 0 saturated carbocycles. The summed E-state index contributed by atoms with van der Waals surface area (Å²) in [7, 11) is 0. The molecule has 0 atom stereocenters. The highest BCUT2D eigenvalue weighted by atomic mass is 16.4. The van der Waals surface area contributed by atoms with Crippen LogP contribution in [0.15, 0.2) is 54.6 Å². The highest BCUT2D eigenvalue weighted by molar-refractivity contribution is 5.87. The summed E-state index contributed by atoms with van der Waals surface area (Å²) in [6.07, 6.45) is 0. The van der Waals surface area contributed by atoms with Gasteiger partial charge in [-0.25, -0.2) is 4.79 Å². The van der Waals surface area contributed by atoms with Crippen molar-refractivity contribution in [2.75, 3.05) is 6.54 Å². The highest BCUT2D eigenvalue weighted by Crippen LogP contribution is 2.11. The average molecular weight is 269 g/mol. The maximum absolute atomic E-state index is 11.0. The first-order valence-corrected chi connectivity index (χ1v) is 6.77. The standard InChI is InChI=1S/C17H19NO2/c1-2-18(12-14-7-4-3-5-8-14)13-15-9-6-10-16(11-15)17(19)20/h3-11H,2,12-13H2,1H3,(H,19,20). The molecule has 2 aromatic rings. The van der Waals surface area contributed by atoms with E-state index in [2.05, 4.69) is 24.0 Å². The SMILES string of the molecule is CCN(Cc1ccccc1)Cc1cccc(C(=O)O)c1. The van der Waals surface area contributed by atoms with Crippen molar-refractivity contribution >= 4 is 5.97 Å². The molecule has 0 bridgehead atoms. The maximum Gasteiger partial charge on any atom is 0.335 e. The van der Waals surface area contributed by atoms with Gasteiger partial charge in [0.15, 0.2) is 0 Å². The third-order valence-electron chi connectivity index (χ3n) is 3.28. The molecule has 2 rings (SSSR count). The van der Waals surface area contributed by atoms with E-state index in [0.717, 1.165) is 25.2 Å². The molecule has 0 aliphatic carbocycles. The number of nitrogens with zero attached hydrogens (tertiary/aromatic N) is 1. The Kier molecular flexibility index (Phi) is 4.91. The Morgan fingerprint density at radius 3 is 2.30 bits per heavy atom. The van der Waals surface area contributed by atoms with Crippen LogP contribution in [0.2, 0.25) is 0 Å². The van der Waals surface area contributed by atoms with E-state index in [-0.39, 0.29) is 0 Å². The molecular weight excluding hydrogens is 250 g/mol. The molecule has 0 unspecified atom stereocenters. The quantitative estimate of drug-likeness (QED) is 0.873. The lowest BCUT2D eigenvalue weighted by molar-refractivity contribution is 0.0696. The van der Waals surface area contributed by atoms with Crippen molar-refractivity contribution in [1.29, 1.82) is 0 Å².